The average molecular weight is 199 g/mol. The Labute approximate surface area is 78.8 Å². The van der Waals surface area contributed by atoms with E-state index in [1.54, 1.807) is 12.1 Å². The Hall–Kier alpha value is -0.870. The molecule has 0 aliphatic heterocycles. The molecule has 0 amide bonds. The predicted octanol–water partition coefficient (Wildman–Crippen LogP) is 1.16. The molecule has 0 saturated carbocycles. The highest BCUT2D eigenvalue weighted by atomic mass is 32.2. The first-order valence-electron chi connectivity index (χ1n) is 4.12. The van der Waals surface area contributed by atoms with Crippen LogP contribution in [-0.2, 0) is 16.4 Å². The molecule has 0 aliphatic carbocycles. The van der Waals surface area contributed by atoms with Gasteiger partial charge in [-0.25, -0.2) is 13.1 Å². The standard InChI is InChI=1S/C9H13NO2S/c1-3-8-4-6-9(7-5-8)13(11,12)10-2/h4-7,10H,3H2,1-2H3. The maximum Gasteiger partial charge on any atom is 0.240 e. The van der Waals surface area contributed by atoms with E-state index in [0.717, 1.165) is 12.0 Å². The van der Waals surface area contributed by atoms with Gasteiger partial charge in [0.25, 0.3) is 0 Å². The SMILES string of the molecule is CCc1ccc(S(=O)(=O)NC)cc1. The third-order valence-electron chi connectivity index (χ3n) is 1.91. The Morgan fingerprint density at radius 1 is 1.23 bits per heavy atom. The lowest BCUT2D eigenvalue weighted by molar-refractivity contribution is 0.588. The van der Waals surface area contributed by atoms with E-state index in [0.29, 0.717) is 4.90 Å². The minimum Gasteiger partial charge on any atom is -0.214 e. The van der Waals surface area contributed by atoms with Crippen LogP contribution in [0.15, 0.2) is 29.2 Å². The van der Waals surface area contributed by atoms with Crippen molar-refractivity contribution in [2.75, 3.05) is 7.05 Å². The molecular weight excluding hydrogens is 186 g/mol. The predicted molar refractivity (Wildman–Crippen MR) is 52.1 cm³/mol. The lowest BCUT2D eigenvalue weighted by Gasteiger charge is -2.02. The number of aryl methyl sites for hydroxylation is 1. The summed E-state index contributed by atoms with van der Waals surface area (Å²) in [6, 6.07) is 6.88. The van der Waals surface area contributed by atoms with Crippen molar-refractivity contribution < 1.29 is 8.42 Å². The van der Waals surface area contributed by atoms with Crippen molar-refractivity contribution in [2.24, 2.45) is 0 Å². The van der Waals surface area contributed by atoms with Crippen molar-refractivity contribution >= 4 is 10.0 Å². The molecule has 13 heavy (non-hydrogen) atoms. The number of sulfonamides is 1. The molecule has 1 rings (SSSR count). The maximum atomic E-state index is 11.3. The lowest BCUT2D eigenvalue weighted by Crippen LogP contribution is -2.18. The van der Waals surface area contributed by atoms with E-state index in [1.807, 2.05) is 19.1 Å². The highest BCUT2D eigenvalue weighted by Gasteiger charge is 2.09. The molecule has 1 aromatic carbocycles. The highest BCUT2D eigenvalue weighted by molar-refractivity contribution is 7.89. The van der Waals surface area contributed by atoms with Crippen LogP contribution in [0.4, 0.5) is 0 Å². The Morgan fingerprint density at radius 2 is 1.77 bits per heavy atom. The first-order chi connectivity index (χ1) is 6.10. The van der Waals surface area contributed by atoms with Crippen LogP contribution >= 0.6 is 0 Å². The van der Waals surface area contributed by atoms with Gasteiger partial charge >= 0.3 is 0 Å². The molecule has 0 unspecified atom stereocenters. The third-order valence-corrected chi connectivity index (χ3v) is 3.34. The number of rotatable bonds is 3. The van der Waals surface area contributed by atoms with Crippen molar-refractivity contribution in [1.29, 1.82) is 0 Å². The van der Waals surface area contributed by atoms with Crippen LogP contribution in [0.25, 0.3) is 0 Å². The molecule has 0 aromatic heterocycles. The first kappa shape index (κ1) is 10.2. The van der Waals surface area contributed by atoms with Gasteiger partial charge in [0.05, 0.1) is 4.90 Å². The molecule has 0 saturated heterocycles. The second kappa shape index (κ2) is 3.89. The van der Waals surface area contributed by atoms with E-state index in [4.69, 9.17) is 0 Å². The van der Waals surface area contributed by atoms with Gasteiger partial charge in [-0.05, 0) is 31.2 Å². The summed E-state index contributed by atoms with van der Waals surface area (Å²) in [6.07, 6.45) is 0.917. The molecule has 0 aliphatic rings. The summed E-state index contributed by atoms with van der Waals surface area (Å²) >= 11 is 0. The van der Waals surface area contributed by atoms with E-state index in [2.05, 4.69) is 4.72 Å². The van der Waals surface area contributed by atoms with Gasteiger partial charge in [-0.1, -0.05) is 19.1 Å². The second-order valence-corrected chi connectivity index (χ2v) is 4.59. The Balaban J connectivity index is 3.06. The minimum absolute atomic E-state index is 0.312. The van der Waals surface area contributed by atoms with Crippen LogP contribution in [0.5, 0.6) is 0 Å². The van der Waals surface area contributed by atoms with Crippen LogP contribution in [0, 0.1) is 0 Å². The van der Waals surface area contributed by atoms with Gasteiger partial charge in [-0.3, -0.25) is 0 Å². The van der Waals surface area contributed by atoms with Crippen LogP contribution < -0.4 is 4.72 Å². The molecular formula is C9H13NO2S. The summed E-state index contributed by atoms with van der Waals surface area (Å²) in [5.74, 6) is 0. The second-order valence-electron chi connectivity index (χ2n) is 2.71. The largest absolute Gasteiger partial charge is 0.240 e. The lowest BCUT2D eigenvalue weighted by atomic mass is 10.2. The maximum absolute atomic E-state index is 11.3. The summed E-state index contributed by atoms with van der Waals surface area (Å²) in [5, 5.41) is 0. The zero-order chi connectivity index (χ0) is 9.90. The molecule has 3 nitrogen and oxygen atoms in total. The summed E-state index contributed by atoms with van der Waals surface area (Å²) in [4.78, 5) is 0.312. The van der Waals surface area contributed by atoms with E-state index >= 15 is 0 Å². The van der Waals surface area contributed by atoms with E-state index in [9.17, 15) is 8.42 Å². The minimum atomic E-state index is -3.27. The molecule has 0 bridgehead atoms. The summed E-state index contributed by atoms with van der Waals surface area (Å²) in [5.41, 5.74) is 1.13. The quantitative estimate of drug-likeness (QED) is 0.794. The van der Waals surface area contributed by atoms with Gasteiger partial charge in [0.15, 0.2) is 0 Å². The van der Waals surface area contributed by atoms with Gasteiger partial charge in [-0.2, -0.15) is 0 Å². The molecule has 1 N–H and O–H groups in total. The molecule has 0 fully saturated rings. The van der Waals surface area contributed by atoms with Crippen molar-refractivity contribution in [3.8, 4) is 0 Å². The van der Waals surface area contributed by atoms with Gasteiger partial charge < -0.3 is 0 Å². The fourth-order valence-corrected chi connectivity index (χ4v) is 1.75. The molecule has 0 spiro atoms. The number of benzene rings is 1. The number of hydrogen-bond acceptors (Lipinski definition) is 2. The van der Waals surface area contributed by atoms with Gasteiger partial charge in [0.2, 0.25) is 10.0 Å². The molecule has 0 atom stereocenters. The number of hydrogen-bond donors (Lipinski definition) is 1. The van der Waals surface area contributed by atoms with Gasteiger partial charge in [0, 0.05) is 0 Å². The molecule has 4 heteroatoms. The molecule has 0 radical (unpaired) electrons. The molecule has 72 valence electrons. The normalized spacial score (nSPS) is 11.5. The zero-order valence-electron chi connectivity index (χ0n) is 7.74. The summed E-state index contributed by atoms with van der Waals surface area (Å²) < 4.78 is 24.8. The van der Waals surface area contributed by atoms with Crippen LogP contribution in [-0.4, -0.2) is 15.5 Å². The summed E-state index contributed by atoms with van der Waals surface area (Å²) in [6.45, 7) is 2.03. The van der Waals surface area contributed by atoms with Crippen molar-refractivity contribution in [1.82, 2.24) is 4.72 Å². The number of nitrogens with one attached hydrogen (secondary N) is 1. The average Bonchev–Trinajstić information content (AvgIpc) is 2.18. The van der Waals surface area contributed by atoms with E-state index in [1.165, 1.54) is 7.05 Å². The van der Waals surface area contributed by atoms with Crippen molar-refractivity contribution in [3.63, 3.8) is 0 Å². The fraction of sp³-hybridized carbons (Fsp3) is 0.333. The molecule has 0 heterocycles. The topological polar surface area (TPSA) is 46.2 Å². The first-order valence-corrected chi connectivity index (χ1v) is 5.61. The zero-order valence-corrected chi connectivity index (χ0v) is 8.56. The Kier molecular flexibility index (Phi) is 3.06. The van der Waals surface area contributed by atoms with Crippen LogP contribution in [0.3, 0.4) is 0 Å². The van der Waals surface area contributed by atoms with Crippen molar-refractivity contribution in [2.45, 2.75) is 18.2 Å². The van der Waals surface area contributed by atoms with Gasteiger partial charge in [0.1, 0.15) is 0 Å². The highest BCUT2D eigenvalue weighted by Crippen LogP contribution is 2.09. The van der Waals surface area contributed by atoms with Gasteiger partial charge in [-0.15, -0.1) is 0 Å². The van der Waals surface area contributed by atoms with E-state index in [-0.39, 0.29) is 0 Å². The third kappa shape index (κ3) is 2.29. The Bertz CT molecular complexity index is 367. The Morgan fingerprint density at radius 3 is 2.15 bits per heavy atom. The smallest absolute Gasteiger partial charge is 0.214 e. The monoisotopic (exact) mass is 199 g/mol. The fourth-order valence-electron chi connectivity index (χ4n) is 1.02. The summed E-state index contributed by atoms with van der Waals surface area (Å²) in [7, 11) is -1.87. The van der Waals surface area contributed by atoms with Crippen molar-refractivity contribution in [3.05, 3.63) is 29.8 Å². The van der Waals surface area contributed by atoms with E-state index < -0.39 is 10.0 Å². The molecule has 1 aromatic rings. The van der Waals surface area contributed by atoms with Crippen LogP contribution in [0.2, 0.25) is 0 Å². The van der Waals surface area contributed by atoms with Crippen LogP contribution in [0.1, 0.15) is 12.5 Å².